The maximum atomic E-state index is 12.8. The zero-order valence-electron chi connectivity index (χ0n) is 13.5. The fraction of sp³-hybridized carbons (Fsp3) is 0.316. The van der Waals surface area contributed by atoms with Crippen LogP contribution in [0.1, 0.15) is 18.4 Å². The van der Waals surface area contributed by atoms with Gasteiger partial charge in [0.25, 0.3) is 0 Å². The van der Waals surface area contributed by atoms with Crippen molar-refractivity contribution < 1.29 is 13.9 Å². The highest BCUT2D eigenvalue weighted by molar-refractivity contribution is 5.89. The first-order chi connectivity index (χ1) is 11.7. The SMILES string of the molecule is O=C(Nc1ccccc1N1CCCC1)OCCc1ccc(F)cc1. The predicted octanol–water partition coefficient (Wildman–Crippen LogP) is 4.22. The summed E-state index contributed by atoms with van der Waals surface area (Å²) in [6, 6.07) is 14.0. The van der Waals surface area contributed by atoms with E-state index in [0.717, 1.165) is 30.0 Å². The van der Waals surface area contributed by atoms with Gasteiger partial charge in [0.2, 0.25) is 0 Å². The van der Waals surface area contributed by atoms with E-state index < -0.39 is 6.09 Å². The van der Waals surface area contributed by atoms with Crippen LogP contribution in [-0.4, -0.2) is 25.8 Å². The van der Waals surface area contributed by atoms with E-state index in [-0.39, 0.29) is 12.4 Å². The van der Waals surface area contributed by atoms with E-state index in [0.29, 0.717) is 6.42 Å². The van der Waals surface area contributed by atoms with Crippen LogP contribution < -0.4 is 10.2 Å². The summed E-state index contributed by atoms with van der Waals surface area (Å²) in [6.07, 6.45) is 2.44. The molecule has 1 aliphatic heterocycles. The van der Waals surface area contributed by atoms with Crippen molar-refractivity contribution in [2.24, 2.45) is 0 Å². The summed E-state index contributed by atoms with van der Waals surface area (Å²) >= 11 is 0. The normalized spacial score (nSPS) is 13.8. The third-order valence-electron chi connectivity index (χ3n) is 4.12. The van der Waals surface area contributed by atoms with Crippen molar-refractivity contribution >= 4 is 17.5 Å². The van der Waals surface area contributed by atoms with E-state index in [4.69, 9.17) is 4.74 Å². The molecule has 1 saturated heterocycles. The number of rotatable bonds is 5. The van der Waals surface area contributed by atoms with Gasteiger partial charge in [-0.3, -0.25) is 5.32 Å². The minimum Gasteiger partial charge on any atom is -0.449 e. The number of carbonyl (C=O) groups is 1. The summed E-state index contributed by atoms with van der Waals surface area (Å²) in [5.74, 6) is -0.268. The summed E-state index contributed by atoms with van der Waals surface area (Å²) in [4.78, 5) is 14.3. The summed E-state index contributed by atoms with van der Waals surface area (Å²) < 4.78 is 18.1. The summed E-state index contributed by atoms with van der Waals surface area (Å²) in [6.45, 7) is 2.28. The molecule has 2 aromatic rings. The van der Waals surface area contributed by atoms with Crippen LogP contribution in [-0.2, 0) is 11.2 Å². The molecule has 24 heavy (non-hydrogen) atoms. The molecule has 3 rings (SSSR count). The van der Waals surface area contributed by atoms with Gasteiger partial charge in [-0.15, -0.1) is 0 Å². The number of anilines is 2. The zero-order valence-corrected chi connectivity index (χ0v) is 13.5. The monoisotopic (exact) mass is 328 g/mol. The van der Waals surface area contributed by atoms with Gasteiger partial charge in [0.1, 0.15) is 5.82 Å². The largest absolute Gasteiger partial charge is 0.449 e. The van der Waals surface area contributed by atoms with Crippen LogP contribution in [0.5, 0.6) is 0 Å². The van der Waals surface area contributed by atoms with Crippen LogP contribution in [0.3, 0.4) is 0 Å². The van der Waals surface area contributed by atoms with Crippen molar-refractivity contribution in [3.8, 4) is 0 Å². The number of carbonyl (C=O) groups excluding carboxylic acids is 1. The first-order valence-corrected chi connectivity index (χ1v) is 8.24. The van der Waals surface area contributed by atoms with Gasteiger partial charge in [-0.1, -0.05) is 24.3 Å². The molecule has 1 N–H and O–H groups in total. The van der Waals surface area contributed by atoms with Crippen molar-refractivity contribution in [2.75, 3.05) is 29.9 Å². The number of hydrogen-bond acceptors (Lipinski definition) is 3. The van der Waals surface area contributed by atoms with Gasteiger partial charge in [0.05, 0.1) is 18.0 Å². The lowest BCUT2D eigenvalue weighted by atomic mass is 10.2. The molecule has 1 amide bonds. The maximum absolute atomic E-state index is 12.8. The lowest BCUT2D eigenvalue weighted by Gasteiger charge is -2.21. The number of hydrogen-bond donors (Lipinski definition) is 1. The second-order valence-electron chi connectivity index (χ2n) is 5.85. The molecular formula is C19H21FN2O2. The van der Waals surface area contributed by atoms with Gasteiger partial charge in [-0.2, -0.15) is 0 Å². The zero-order chi connectivity index (χ0) is 16.8. The van der Waals surface area contributed by atoms with Gasteiger partial charge in [-0.05, 0) is 42.7 Å². The highest BCUT2D eigenvalue weighted by Crippen LogP contribution is 2.28. The molecule has 0 bridgehead atoms. The highest BCUT2D eigenvalue weighted by atomic mass is 19.1. The average Bonchev–Trinajstić information content (AvgIpc) is 3.11. The van der Waals surface area contributed by atoms with E-state index in [1.54, 1.807) is 12.1 Å². The average molecular weight is 328 g/mol. The minimum atomic E-state index is -0.469. The first-order valence-electron chi connectivity index (χ1n) is 8.24. The van der Waals surface area contributed by atoms with Crippen molar-refractivity contribution in [1.29, 1.82) is 0 Å². The van der Waals surface area contributed by atoms with E-state index >= 15 is 0 Å². The van der Waals surface area contributed by atoms with E-state index in [2.05, 4.69) is 10.2 Å². The lowest BCUT2D eigenvalue weighted by molar-refractivity contribution is 0.163. The van der Waals surface area contributed by atoms with E-state index in [9.17, 15) is 9.18 Å². The molecule has 0 spiro atoms. The topological polar surface area (TPSA) is 41.6 Å². The smallest absolute Gasteiger partial charge is 0.411 e. The van der Waals surface area contributed by atoms with Crippen LogP contribution in [0.25, 0.3) is 0 Å². The Morgan fingerprint density at radius 2 is 1.79 bits per heavy atom. The molecule has 1 aliphatic rings. The minimum absolute atomic E-state index is 0.253. The Morgan fingerprint density at radius 1 is 1.08 bits per heavy atom. The number of halogens is 1. The second kappa shape index (κ2) is 7.81. The van der Waals surface area contributed by atoms with Crippen molar-refractivity contribution in [2.45, 2.75) is 19.3 Å². The molecule has 0 atom stereocenters. The maximum Gasteiger partial charge on any atom is 0.411 e. The summed E-state index contributed by atoms with van der Waals surface area (Å²) in [5.41, 5.74) is 2.73. The van der Waals surface area contributed by atoms with Gasteiger partial charge in [0.15, 0.2) is 0 Å². The van der Waals surface area contributed by atoms with Gasteiger partial charge in [-0.25, -0.2) is 9.18 Å². The summed E-state index contributed by atoms with van der Waals surface area (Å²) in [5, 5.41) is 2.82. The van der Waals surface area contributed by atoms with Crippen LogP contribution >= 0.6 is 0 Å². The molecule has 0 unspecified atom stereocenters. The van der Waals surface area contributed by atoms with Crippen LogP contribution in [0.4, 0.5) is 20.6 Å². The van der Waals surface area contributed by atoms with E-state index in [1.165, 1.54) is 25.0 Å². The number of para-hydroxylation sites is 2. The molecule has 126 valence electrons. The van der Waals surface area contributed by atoms with Crippen molar-refractivity contribution in [3.05, 3.63) is 59.9 Å². The predicted molar refractivity (Wildman–Crippen MR) is 93.0 cm³/mol. The molecule has 0 aliphatic carbocycles. The fourth-order valence-corrected chi connectivity index (χ4v) is 2.87. The Morgan fingerprint density at radius 3 is 2.54 bits per heavy atom. The fourth-order valence-electron chi connectivity index (χ4n) is 2.87. The Hall–Kier alpha value is -2.56. The molecule has 0 saturated carbocycles. The molecule has 2 aromatic carbocycles. The Bertz CT molecular complexity index is 682. The Balaban J connectivity index is 1.52. The highest BCUT2D eigenvalue weighted by Gasteiger charge is 2.16. The second-order valence-corrected chi connectivity index (χ2v) is 5.85. The summed E-state index contributed by atoms with van der Waals surface area (Å²) in [7, 11) is 0. The number of benzene rings is 2. The van der Waals surface area contributed by atoms with Gasteiger partial charge >= 0.3 is 6.09 Å². The molecule has 0 radical (unpaired) electrons. The Labute approximate surface area is 141 Å². The molecule has 0 aromatic heterocycles. The van der Waals surface area contributed by atoms with Crippen molar-refractivity contribution in [3.63, 3.8) is 0 Å². The van der Waals surface area contributed by atoms with Gasteiger partial charge < -0.3 is 9.64 Å². The van der Waals surface area contributed by atoms with Gasteiger partial charge in [0, 0.05) is 19.5 Å². The quantitative estimate of drug-likeness (QED) is 0.893. The standard InChI is InChI=1S/C19H21FN2O2/c20-16-9-7-15(8-10-16)11-14-24-19(23)21-17-5-1-2-6-18(17)22-12-3-4-13-22/h1-2,5-10H,3-4,11-14H2,(H,21,23). The lowest BCUT2D eigenvalue weighted by Crippen LogP contribution is -2.21. The van der Waals surface area contributed by atoms with E-state index in [1.807, 2.05) is 24.3 Å². The number of nitrogens with zero attached hydrogens (tertiary/aromatic N) is 1. The molecule has 4 nitrogen and oxygen atoms in total. The number of amides is 1. The molecule has 1 heterocycles. The molecule has 5 heteroatoms. The van der Waals surface area contributed by atoms with Crippen LogP contribution in [0.15, 0.2) is 48.5 Å². The number of nitrogens with one attached hydrogen (secondary N) is 1. The molecular weight excluding hydrogens is 307 g/mol. The first kappa shape index (κ1) is 16.3. The third kappa shape index (κ3) is 4.25. The Kier molecular flexibility index (Phi) is 5.31. The van der Waals surface area contributed by atoms with Crippen LogP contribution in [0, 0.1) is 5.82 Å². The number of ether oxygens (including phenoxy) is 1. The van der Waals surface area contributed by atoms with Crippen molar-refractivity contribution in [1.82, 2.24) is 0 Å². The molecule has 1 fully saturated rings. The van der Waals surface area contributed by atoms with Crippen LogP contribution in [0.2, 0.25) is 0 Å². The third-order valence-corrected chi connectivity index (χ3v) is 4.12.